The van der Waals surface area contributed by atoms with E-state index in [1.54, 1.807) is 4.90 Å². The van der Waals surface area contributed by atoms with Crippen LogP contribution in [-0.2, 0) is 14.3 Å². The summed E-state index contributed by atoms with van der Waals surface area (Å²) in [7, 11) is 1.36. The van der Waals surface area contributed by atoms with Gasteiger partial charge < -0.3 is 9.64 Å². The van der Waals surface area contributed by atoms with E-state index in [1.807, 2.05) is 44.2 Å². The van der Waals surface area contributed by atoms with E-state index in [0.717, 1.165) is 5.69 Å². The molecule has 5 heteroatoms. The number of hydrogen-bond donors (Lipinski definition) is 1. The summed E-state index contributed by atoms with van der Waals surface area (Å²) in [6.07, 6.45) is 1.28. The summed E-state index contributed by atoms with van der Waals surface area (Å²) in [5, 5.41) is 3.13. The van der Waals surface area contributed by atoms with Gasteiger partial charge in [0, 0.05) is 11.7 Å². The quantitative estimate of drug-likeness (QED) is 0.839. The number of ether oxygens (including phenoxy) is 1. The molecule has 1 aromatic carbocycles. The highest BCUT2D eigenvalue weighted by Gasteiger charge is 2.39. The first kappa shape index (κ1) is 15.5. The molecule has 3 atom stereocenters. The predicted octanol–water partition coefficient (Wildman–Crippen LogP) is 1.72. The highest BCUT2D eigenvalue weighted by Crippen LogP contribution is 2.26. The summed E-state index contributed by atoms with van der Waals surface area (Å²) in [4.78, 5) is 26.0. The van der Waals surface area contributed by atoms with Gasteiger partial charge in [-0.3, -0.25) is 14.9 Å². The highest BCUT2D eigenvalue weighted by molar-refractivity contribution is 6.00. The fraction of sp³-hybridized carbons (Fsp3) is 0.500. The van der Waals surface area contributed by atoms with Crippen molar-refractivity contribution in [2.45, 2.75) is 44.8 Å². The van der Waals surface area contributed by atoms with Crippen LogP contribution in [0.3, 0.4) is 0 Å². The molecule has 0 bridgehead atoms. The molecule has 0 aliphatic carbocycles. The number of anilines is 1. The summed E-state index contributed by atoms with van der Waals surface area (Å²) < 4.78 is 4.76. The standard InChI is InChI=1S/C16H22N2O3/c1-4-13(16(20)21-3)17-14-10-11(2)18(15(14)19)12-8-6-5-7-9-12/h5-9,11,13-14,17H,4,10H2,1-3H3. The third kappa shape index (κ3) is 3.24. The molecule has 1 aliphatic rings. The molecule has 0 spiro atoms. The van der Waals surface area contributed by atoms with Crippen LogP contribution in [0, 0.1) is 0 Å². The summed E-state index contributed by atoms with van der Waals surface area (Å²) in [5.41, 5.74) is 0.894. The van der Waals surface area contributed by atoms with Gasteiger partial charge in [-0.15, -0.1) is 0 Å². The van der Waals surface area contributed by atoms with E-state index in [2.05, 4.69) is 5.32 Å². The Hall–Kier alpha value is -1.88. The molecule has 1 heterocycles. The van der Waals surface area contributed by atoms with Gasteiger partial charge in [-0.05, 0) is 31.9 Å². The van der Waals surface area contributed by atoms with Crippen LogP contribution in [0.25, 0.3) is 0 Å². The SMILES string of the molecule is CCC(NC1CC(C)N(c2ccccc2)C1=O)C(=O)OC. The number of para-hydroxylation sites is 1. The first-order valence-corrected chi connectivity index (χ1v) is 7.30. The summed E-state index contributed by atoms with van der Waals surface area (Å²) >= 11 is 0. The van der Waals surface area contributed by atoms with Crippen molar-refractivity contribution in [2.24, 2.45) is 0 Å². The molecular weight excluding hydrogens is 268 g/mol. The minimum atomic E-state index is -0.438. The topological polar surface area (TPSA) is 58.6 Å². The van der Waals surface area contributed by atoms with Crippen molar-refractivity contribution >= 4 is 17.6 Å². The molecule has 21 heavy (non-hydrogen) atoms. The van der Waals surface area contributed by atoms with Gasteiger partial charge in [0.2, 0.25) is 5.91 Å². The zero-order valence-corrected chi connectivity index (χ0v) is 12.7. The monoisotopic (exact) mass is 290 g/mol. The Morgan fingerprint density at radius 3 is 2.67 bits per heavy atom. The molecule has 1 aliphatic heterocycles. The number of methoxy groups -OCH3 is 1. The average Bonchev–Trinajstić information content (AvgIpc) is 2.79. The lowest BCUT2D eigenvalue weighted by molar-refractivity contribution is -0.143. The van der Waals surface area contributed by atoms with Gasteiger partial charge in [-0.1, -0.05) is 25.1 Å². The Bertz CT molecular complexity index is 504. The molecule has 5 nitrogen and oxygen atoms in total. The van der Waals surface area contributed by atoms with Gasteiger partial charge >= 0.3 is 5.97 Å². The fourth-order valence-corrected chi connectivity index (χ4v) is 2.78. The second-order valence-electron chi connectivity index (χ2n) is 5.33. The predicted molar refractivity (Wildman–Crippen MR) is 81.0 cm³/mol. The maximum Gasteiger partial charge on any atom is 0.322 e. The zero-order valence-electron chi connectivity index (χ0n) is 12.7. The number of esters is 1. The Kier molecular flexibility index (Phi) is 4.96. The lowest BCUT2D eigenvalue weighted by Gasteiger charge is -2.22. The minimum absolute atomic E-state index is 0.0102. The van der Waals surface area contributed by atoms with Crippen molar-refractivity contribution in [1.29, 1.82) is 0 Å². The fourth-order valence-electron chi connectivity index (χ4n) is 2.78. The second-order valence-corrected chi connectivity index (χ2v) is 5.33. The van der Waals surface area contributed by atoms with Crippen LogP contribution in [0.2, 0.25) is 0 Å². The molecule has 0 saturated carbocycles. The zero-order chi connectivity index (χ0) is 15.4. The first-order valence-electron chi connectivity index (χ1n) is 7.30. The van der Waals surface area contributed by atoms with E-state index in [1.165, 1.54) is 7.11 Å². The second kappa shape index (κ2) is 6.72. The Labute approximate surface area is 125 Å². The number of nitrogens with zero attached hydrogens (tertiary/aromatic N) is 1. The molecule has 0 aromatic heterocycles. The van der Waals surface area contributed by atoms with Crippen LogP contribution >= 0.6 is 0 Å². The van der Waals surface area contributed by atoms with Crippen LogP contribution in [0.1, 0.15) is 26.7 Å². The number of hydrogen-bond acceptors (Lipinski definition) is 4. The van der Waals surface area contributed by atoms with Crippen LogP contribution in [-0.4, -0.2) is 37.1 Å². The molecule has 0 radical (unpaired) electrons. The summed E-state index contributed by atoms with van der Waals surface area (Å²) in [5.74, 6) is -0.313. The van der Waals surface area contributed by atoms with Gasteiger partial charge in [0.05, 0.1) is 13.2 Å². The number of carbonyl (C=O) groups excluding carboxylic acids is 2. The Morgan fingerprint density at radius 2 is 2.10 bits per heavy atom. The van der Waals surface area contributed by atoms with Gasteiger partial charge in [-0.2, -0.15) is 0 Å². The molecular formula is C16H22N2O3. The third-order valence-electron chi connectivity index (χ3n) is 3.88. The minimum Gasteiger partial charge on any atom is -0.468 e. The van der Waals surface area contributed by atoms with E-state index in [4.69, 9.17) is 4.74 Å². The van der Waals surface area contributed by atoms with Gasteiger partial charge in [-0.25, -0.2) is 0 Å². The third-order valence-corrected chi connectivity index (χ3v) is 3.88. The van der Waals surface area contributed by atoms with Crippen molar-refractivity contribution in [3.8, 4) is 0 Å². The van der Waals surface area contributed by atoms with Gasteiger partial charge in [0.1, 0.15) is 6.04 Å². The van der Waals surface area contributed by atoms with Crippen LogP contribution < -0.4 is 10.2 Å². The number of rotatable bonds is 5. The molecule has 1 fully saturated rings. The molecule has 1 amide bonds. The molecule has 1 aromatic rings. The van der Waals surface area contributed by atoms with Crippen LogP contribution in [0.4, 0.5) is 5.69 Å². The van der Waals surface area contributed by atoms with E-state index in [9.17, 15) is 9.59 Å². The van der Waals surface area contributed by atoms with Crippen molar-refractivity contribution in [2.75, 3.05) is 12.0 Å². The first-order chi connectivity index (χ1) is 10.1. The Balaban J connectivity index is 2.11. The van der Waals surface area contributed by atoms with E-state index in [-0.39, 0.29) is 24.0 Å². The maximum absolute atomic E-state index is 12.6. The lowest BCUT2D eigenvalue weighted by Crippen LogP contribution is -2.47. The molecule has 114 valence electrons. The number of amides is 1. The van der Waals surface area contributed by atoms with Crippen LogP contribution in [0.5, 0.6) is 0 Å². The molecule has 2 rings (SSSR count). The number of carbonyl (C=O) groups is 2. The Morgan fingerprint density at radius 1 is 1.43 bits per heavy atom. The molecule has 3 unspecified atom stereocenters. The molecule has 1 N–H and O–H groups in total. The largest absolute Gasteiger partial charge is 0.468 e. The molecule has 1 saturated heterocycles. The van der Waals surface area contributed by atoms with E-state index < -0.39 is 6.04 Å². The van der Waals surface area contributed by atoms with Crippen molar-refractivity contribution < 1.29 is 14.3 Å². The number of benzene rings is 1. The summed E-state index contributed by atoms with van der Waals surface area (Å²) in [6, 6.07) is 8.93. The van der Waals surface area contributed by atoms with Crippen LogP contribution in [0.15, 0.2) is 30.3 Å². The van der Waals surface area contributed by atoms with Gasteiger partial charge in [0.15, 0.2) is 0 Å². The van der Waals surface area contributed by atoms with Crippen molar-refractivity contribution in [3.63, 3.8) is 0 Å². The average molecular weight is 290 g/mol. The van der Waals surface area contributed by atoms with Gasteiger partial charge in [0.25, 0.3) is 0 Å². The normalized spacial score (nSPS) is 23.2. The van der Waals surface area contributed by atoms with E-state index >= 15 is 0 Å². The van der Waals surface area contributed by atoms with Crippen molar-refractivity contribution in [3.05, 3.63) is 30.3 Å². The summed E-state index contributed by atoms with van der Waals surface area (Å²) in [6.45, 7) is 3.91. The highest BCUT2D eigenvalue weighted by atomic mass is 16.5. The van der Waals surface area contributed by atoms with E-state index in [0.29, 0.717) is 12.8 Å². The van der Waals surface area contributed by atoms with Crippen molar-refractivity contribution in [1.82, 2.24) is 5.32 Å². The smallest absolute Gasteiger partial charge is 0.322 e. The maximum atomic E-state index is 12.6. The number of nitrogens with one attached hydrogen (secondary N) is 1. The lowest BCUT2D eigenvalue weighted by atomic mass is 10.1.